The molecule has 6 nitrogen and oxygen atoms in total. The van der Waals surface area contributed by atoms with Gasteiger partial charge in [0.05, 0.1) is 12.5 Å². The fraction of sp³-hybridized carbons (Fsp3) is 0.769. The van der Waals surface area contributed by atoms with Crippen LogP contribution in [0.2, 0.25) is 0 Å². The Labute approximate surface area is 112 Å². The first-order chi connectivity index (χ1) is 9.33. The summed E-state index contributed by atoms with van der Waals surface area (Å²) in [6, 6.07) is -0.242. The molecule has 2 aliphatic rings. The Bertz CT molecular complexity index is 440. The normalized spacial score (nSPS) is 25.3. The second kappa shape index (κ2) is 5.69. The molecule has 1 saturated carbocycles. The van der Waals surface area contributed by atoms with Crippen LogP contribution in [0.15, 0.2) is 4.52 Å². The number of nitrogens with one attached hydrogen (secondary N) is 2. The van der Waals surface area contributed by atoms with E-state index in [1.807, 2.05) is 0 Å². The first kappa shape index (κ1) is 12.6. The first-order valence-electron chi connectivity index (χ1n) is 7.16. The number of nitrogens with zero attached hydrogens (tertiary/aromatic N) is 2. The molecule has 1 aliphatic heterocycles. The Balaban J connectivity index is 1.62. The summed E-state index contributed by atoms with van der Waals surface area (Å²) in [6.45, 7) is 1.48. The molecular weight excluding hydrogens is 244 g/mol. The average molecular weight is 264 g/mol. The van der Waals surface area contributed by atoms with E-state index < -0.39 is 0 Å². The fourth-order valence-electron chi connectivity index (χ4n) is 2.87. The van der Waals surface area contributed by atoms with Gasteiger partial charge in [-0.05, 0) is 12.8 Å². The number of hydrogen-bond acceptors (Lipinski definition) is 5. The van der Waals surface area contributed by atoms with Crippen molar-refractivity contribution in [2.75, 3.05) is 13.1 Å². The van der Waals surface area contributed by atoms with Crippen molar-refractivity contribution >= 4 is 5.91 Å². The zero-order valence-electron chi connectivity index (χ0n) is 11.0. The minimum Gasteiger partial charge on any atom is -0.353 e. The second-order valence-corrected chi connectivity index (χ2v) is 5.38. The summed E-state index contributed by atoms with van der Waals surface area (Å²) in [5.41, 5.74) is 0. The minimum atomic E-state index is -0.242. The SMILES string of the molecule is O=C1NCCNC1Cc1nc(C2CCCCC2)no1. The van der Waals surface area contributed by atoms with E-state index in [0.717, 1.165) is 25.2 Å². The topological polar surface area (TPSA) is 80.0 Å². The summed E-state index contributed by atoms with van der Waals surface area (Å²) in [5, 5.41) is 10.1. The highest BCUT2D eigenvalue weighted by molar-refractivity contribution is 5.82. The maximum atomic E-state index is 11.6. The van der Waals surface area contributed by atoms with Crippen molar-refractivity contribution in [2.24, 2.45) is 0 Å². The van der Waals surface area contributed by atoms with Crippen LogP contribution in [0.4, 0.5) is 0 Å². The van der Waals surface area contributed by atoms with Gasteiger partial charge in [0.15, 0.2) is 5.82 Å². The van der Waals surface area contributed by atoms with Crippen LogP contribution >= 0.6 is 0 Å². The molecule has 2 heterocycles. The molecule has 0 aromatic carbocycles. The second-order valence-electron chi connectivity index (χ2n) is 5.38. The predicted molar refractivity (Wildman–Crippen MR) is 68.6 cm³/mol. The van der Waals surface area contributed by atoms with Gasteiger partial charge in [-0.25, -0.2) is 0 Å². The molecule has 1 amide bonds. The number of rotatable bonds is 3. The average Bonchev–Trinajstić information content (AvgIpc) is 2.91. The maximum Gasteiger partial charge on any atom is 0.237 e. The van der Waals surface area contributed by atoms with Crippen molar-refractivity contribution in [1.29, 1.82) is 0 Å². The summed E-state index contributed by atoms with van der Waals surface area (Å²) >= 11 is 0. The lowest BCUT2D eigenvalue weighted by atomic mass is 9.89. The summed E-state index contributed by atoms with van der Waals surface area (Å²) < 4.78 is 5.29. The molecule has 0 bridgehead atoms. The molecule has 1 aliphatic carbocycles. The van der Waals surface area contributed by atoms with Crippen LogP contribution in [-0.2, 0) is 11.2 Å². The molecule has 0 spiro atoms. The fourth-order valence-corrected chi connectivity index (χ4v) is 2.87. The first-order valence-corrected chi connectivity index (χ1v) is 7.16. The monoisotopic (exact) mass is 264 g/mol. The molecule has 2 N–H and O–H groups in total. The zero-order chi connectivity index (χ0) is 13.1. The zero-order valence-corrected chi connectivity index (χ0v) is 11.0. The lowest BCUT2D eigenvalue weighted by Gasteiger charge is -2.21. The van der Waals surface area contributed by atoms with Gasteiger partial charge in [-0.1, -0.05) is 24.4 Å². The highest BCUT2D eigenvalue weighted by Gasteiger charge is 2.26. The molecule has 19 heavy (non-hydrogen) atoms. The van der Waals surface area contributed by atoms with Crippen LogP contribution in [0.25, 0.3) is 0 Å². The van der Waals surface area contributed by atoms with Gasteiger partial charge in [-0.3, -0.25) is 4.79 Å². The number of amides is 1. The Morgan fingerprint density at radius 1 is 1.21 bits per heavy atom. The summed E-state index contributed by atoms with van der Waals surface area (Å²) in [6.07, 6.45) is 6.60. The van der Waals surface area contributed by atoms with Crippen molar-refractivity contribution in [3.8, 4) is 0 Å². The van der Waals surface area contributed by atoms with Crippen LogP contribution in [0.1, 0.15) is 49.7 Å². The number of aromatic nitrogens is 2. The quantitative estimate of drug-likeness (QED) is 0.842. The largest absolute Gasteiger partial charge is 0.353 e. The molecule has 1 aromatic heterocycles. The van der Waals surface area contributed by atoms with E-state index >= 15 is 0 Å². The van der Waals surface area contributed by atoms with Gasteiger partial charge >= 0.3 is 0 Å². The molecule has 3 rings (SSSR count). The Morgan fingerprint density at radius 3 is 2.84 bits per heavy atom. The van der Waals surface area contributed by atoms with E-state index in [2.05, 4.69) is 20.8 Å². The smallest absolute Gasteiger partial charge is 0.237 e. The van der Waals surface area contributed by atoms with E-state index in [0.29, 0.717) is 24.8 Å². The molecule has 1 saturated heterocycles. The summed E-state index contributed by atoms with van der Waals surface area (Å²) in [4.78, 5) is 16.1. The molecule has 1 unspecified atom stereocenters. The highest BCUT2D eigenvalue weighted by atomic mass is 16.5. The van der Waals surface area contributed by atoms with E-state index in [1.165, 1.54) is 19.3 Å². The molecular formula is C13H20N4O2. The third-order valence-corrected chi connectivity index (χ3v) is 3.96. The van der Waals surface area contributed by atoms with Gasteiger partial charge in [0.2, 0.25) is 11.8 Å². The van der Waals surface area contributed by atoms with Gasteiger partial charge < -0.3 is 15.2 Å². The standard InChI is InChI=1S/C13H20N4O2/c18-13-10(14-6-7-15-13)8-11-16-12(17-19-11)9-4-2-1-3-5-9/h9-10,14H,1-8H2,(H,15,18). The molecule has 2 fully saturated rings. The van der Waals surface area contributed by atoms with Crippen molar-refractivity contribution in [2.45, 2.75) is 50.5 Å². The van der Waals surface area contributed by atoms with E-state index in [1.54, 1.807) is 0 Å². The third kappa shape index (κ3) is 2.94. The van der Waals surface area contributed by atoms with Crippen LogP contribution in [-0.4, -0.2) is 35.2 Å². The molecule has 1 atom stereocenters. The van der Waals surface area contributed by atoms with Crippen molar-refractivity contribution in [1.82, 2.24) is 20.8 Å². The van der Waals surface area contributed by atoms with Crippen molar-refractivity contribution in [3.63, 3.8) is 0 Å². The Hall–Kier alpha value is -1.43. The van der Waals surface area contributed by atoms with Gasteiger partial charge in [0.1, 0.15) is 0 Å². The highest BCUT2D eigenvalue weighted by Crippen LogP contribution is 2.30. The molecule has 0 radical (unpaired) electrons. The van der Waals surface area contributed by atoms with Crippen molar-refractivity contribution in [3.05, 3.63) is 11.7 Å². The van der Waals surface area contributed by atoms with E-state index in [-0.39, 0.29) is 11.9 Å². The summed E-state index contributed by atoms with van der Waals surface area (Å²) in [5.74, 6) is 1.85. The van der Waals surface area contributed by atoms with Crippen LogP contribution < -0.4 is 10.6 Å². The van der Waals surface area contributed by atoms with Gasteiger partial charge in [-0.15, -0.1) is 0 Å². The third-order valence-electron chi connectivity index (χ3n) is 3.96. The van der Waals surface area contributed by atoms with Crippen LogP contribution in [0.5, 0.6) is 0 Å². The van der Waals surface area contributed by atoms with Crippen LogP contribution in [0, 0.1) is 0 Å². The lowest BCUT2D eigenvalue weighted by Crippen LogP contribution is -2.53. The molecule has 6 heteroatoms. The van der Waals surface area contributed by atoms with Crippen LogP contribution in [0.3, 0.4) is 0 Å². The Morgan fingerprint density at radius 2 is 2.05 bits per heavy atom. The number of hydrogen-bond donors (Lipinski definition) is 2. The molecule has 1 aromatic rings. The summed E-state index contributed by atoms with van der Waals surface area (Å²) in [7, 11) is 0. The Kier molecular flexibility index (Phi) is 3.77. The minimum absolute atomic E-state index is 0.0173. The van der Waals surface area contributed by atoms with Crippen molar-refractivity contribution < 1.29 is 9.32 Å². The maximum absolute atomic E-state index is 11.6. The predicted octanol–water partition coefficient (Wildman–Crippen LogP) is 0.748. The number of piperazine rings is 1. The molecule has 104 valence electrons. The van der Waals surface area contributed by atoms with Gasteiger partial charge in [0.25, 0.3) is 0 Å². The number of carbonyl (C=O) groups is 1. The lowest BCUT2D eigenvalue weighted by molar-refractivity contribution is -0.124. The van der Waals surface area contributed by atoms with E-state index in [4.69, 9.17) is 4.52 Å². The van der Waals surface area contributed by atoms with Gasteiger partial charge in [-0.2, -0.15) is 4.98 Å². The van der Waals surface area contributed by atoms with E-state index in [9.17, 15) is 4.79 Å². The van der Waals surface area contributed by atoms with Gasteiger partial charge in [0, 0.05) is 19.0 Å². The number of carbonyl (C=O) groups excluding carboxylic acids is 1.